The number of benzene rings is 2. The molecule has 1 aliphatic heterocycles. The largest absolute Gasteiger partial charge is 0.508 e. The predicted octanol–water partition coefficient (Wildman–Crippen LogP) is 3.13. The second kappa shape index (κ2) is 12.9. The van der Waals surface area contributed by atoms with Crippen molar-refractivity contribution in [3.8, 4) is 5.75 Å². The molecule has 0 amide bonds. The second-order valence-electron chi connectivity index (χ2n) is 11.4. The second-order valence-corrected chi connectivity index (χ2v) is 12.8. The average molecular weight is 547 g/mol. The molecule has 1 heterocycles. The molecular weight excluding hydrogens is 504 g/mol. The Morgan fingerprint density at radius 3 is 2.26 bits per heavy atom. The number of phenols is 1. The van der Waals surface area contributed by atoms with Crippen LogP contribution in [0.15, 0.2) is 30.3 Å². The van der Waals surface area contributed by atoms with Gasteiger partial charge in [0.15, 0.2) is 0 Å². The number of ketones is 1. The molecule has 2 aromatic rings. The monoisotopic (exact) mass is 546 g/mol. The fraction of sp³-hybridized carbons (Fsp3) is 0.567. The number of aliphatic hydroxyl groups excluding tert-OH is 5. The van der Waals surface area contributed by atoms with Crippen LogP contribution in [0.1, 0.15) is 71.7 Å². The molecule has 0 spiro atoms. The highest BCUT2D eigenvalue weighted by Gasteiger charge is 2.44. The molecule has 210 valence electrons. The first-order valence-electron chi connectivity index (χ1n) is 13.2. The van der Waals surface area contributed by atoms with Gasteiger partial charge in [0.05, 0.1) is 29.3 Å². The van der Waals surface area contributed by atoms with E-state index < -0.39 is 28.8 Å². The fourth-order valence-corrected chi connectivity index (χ4v) is 6.46. The van der Waals surface area contributed by atoms with Crippen LogP contribution in [0.4, 0.5) is 0 Å². The van der Waals surface area contributed by atoms with Crippen LogP contribution in [0.5, 0.6) is 5.75 Å². The van der Waals surface area contributed by atoms with E-state index >= 15 is 0 Å². The van der Waals surface area contributed by atoms with E-state index in [-0.39, 0.29) is 30.2 Å². The highest BCUT2D eigenvalue weighted by molar-refractivity contribution is 8.00. The molecule has 1 aliphatic rings. The number of aliphatic hydroxyl groups is 5. The molecule has 1 fully saturated rings. The summed E-state index contributed by atoms with van der Waals surface area (Å²) in [5.74, 6) is 0.177. The van der Waals surface area contributed by atoms with Gasteiger partial charge >= 0.3 is 0 Å². The van der Waals surface area contributed by atoms with Crippen molar-refractivity contribution in [1.82, 2.24) is 0 Å². The van der Waals surface area contributed by atoms with Gasteiger partial charge in [0.25, 0.3) is 0 Å². The summed E-state index contributed by atoms with van der Waals surface area (Å²) in [6.07, 6.45) is -0.922. The molecule has 5 atom stereocenters. The van der Waals surface area contributed by atoms with Crippen LogP contribution in [0, 0.1) is 19.3 Å². The van der Waals surface area contributed by atoms with Crippen molar-refractivity contribution in [2.24, 2.45) is 5.41 Å². The summed E-state index contributed by atoms with van der Waals surface area (Å²) < 4.78 is 0. The lowest BCUT2D eigenvalue weighted by atomic mass is 9.87. The highest BCUT2D eigenvalue weighted by atomic mass is 32.2. The van der Waals surface area contributed by atoms with Crippen molar-refractivity contribution < 1.29 is 35.4 Å². The molecule has 3 rings (SSSR count). The summed E-state index contributed by atoms with van der Waals surface area (Å²) in [6, 6.07) is 9.79. The van der Waals surface area contributed by atoms with Crippen LogP contribution in [-0.4, -0.2) is 73.2 Å². The standard InChI is InChI=1S/C30H42O7S/c1-17-10-19(6-5-7-22(33)14-30(3,4)16-32)8-9-20(17)12-21-13-23(24(34)11-18(21)2)29-28(37)27(36)26(35)25(15-31)38-29/h8-11,13,25-29,31-32,34-37H,5-7,12,14-16H2,1-4H3/t25-,26-,27+,28-,29+/m1/s1. The zero-order valence-corrected chi connectivity index (χ0v) is 23.5. The van der Waals surface area contributed by atoms with E-state index in [0.717, 1.165) is 52.4 Å². The molecule has 0 aliphatic carbocycles. The van der Waals surface area contributed by atoms with Crippen molar-refractivity contribution >= 4 is 17.5 Å². The van der Waals surface area contributed by atoms with Crippen LogP contribution in [0.2, 0.25) is 0 Å². The zero-order chi connectivity index (χ0) is 28.2. The van der Waals surface area contributed by atoms with E-state index in [2.05, 4.69) is 25.1 Å². The number of carbonyl (C=O) groups is 1. The van der Waals surface area contributed by atoms with Crippen molar-refractivity contribution in [1.29, 1.82) is 0 Å². The lowest BCUT2D eigenvalue weighted by Crippen LogP contribution is -2.51. The van der Waals surface area contributed by atoms with Gasteiger partial charge in [0.1, 0.15) is 17.6 Å². The first-order chi connectivity index (χ1) is 17.9. The number of Topliss-reactive ketones (excluding diaryl/α,β-unsaturated/α-hetero) is 1. The maximum atomic E-state index is 12.2. The lowest BCUT2D eigenvalue weighted by Gasteiger charge is -2.40. The Labute approximate surface area is 229 Å². The van der Waals surface area contributed by atoms with Gasteiger partial charge in [-0.05, 0) is 72.4 Å². The molecule has 38 heavy (non-hydrogen) atoms. The van der Waals surface area contributed by atoms with E-state index in [1.54, 1.807) is 6.07 Å². The van der Waals surface area contributed by atoms with Gasteiger partial charge in [0, 0.05) is 25.0 Å². The summed E-state index contributed by atoms with van der Waals surface area (Å²) in [6.45, 7) is 7.39. The third kappa shape index (κ3) is 7.37. The number of phenolic OH excluding ortho intramolecular Hbond substituents is 1. The van der Waals surface area contributed by atoms with Crippen molar-refractivity contribution in [2.75, 3.05) is 13.2 Å². The summed E-state index contributed by atoms with van der Waals surface area (Å²) in [4.78, 5) is 12.2. The Hall–Kier alpha value is -1.94. The Balaban J connectivity index is 1.71. The van der Waals surface area contributed by atoms with Gasteiger partial charge in [-0.25, -0.2) is 0 Å². The first-order valence-corrected chi connectivity index (χ1v) is 14.1. The van der Waals surface area contributed by atoms with E-state index in [9.17, 15) is 35.4 Å². The van der Waals surface area contributed by atoms with E-state index in [1.165, 1.54) is 0 Å². The number of carbonyl (C=O) groups excluding carboxylic acids is 1. The van der Waals surface area contributed by atoms with Crippen molar-refractivity contribution in [3.63, 3.8) is 0 Å². The number of thioether (sulfide) groups is 1. The van der Waals surface area contributed by atoms with Gasteiger partial charge in [-0.1, -0.05) is 38.1 Å². The van der Waals surface area contributed by atoms with Gasteiger partial charge < -0.3 is 30.6 Å². The first kappa shape index (κ1) is 30.6. The molecule has 1 saturated heterocycles. The van der Waals surface area contributed by atoms with Crippen LogP contribution >= 0.6 is 11.8 Å². The van der Waals surface area contributed by atoms with E-state index in [4.69, 9.17) is 0 Å². The number of hydrogen-bond acceptors (Lipinski definition) is 8. The molecular formula is C30H42O7S. The molecule has 0 radical (unpaired) electrons. The minimum absolute atomic E-state index is 0.00424. The number of aromatic hydroxyl groups is 1. The summed E-state index contributed by atoms with van der Waals surface area (Å²) >= 11 is 1.15. The molecule has 0 bridgehead atoms. The van der Waals surface area contributed by atoms with Crippen LogP contribution in [0.25, 0.3) is 0 Å². The smallest absolute Gasteiger partial charge is 0.133 e. The van der Waals surface area contributed by atoms with Gasteiger partial charge in [-0.2, -0.15) is 0 Å². The maximum Gasteiger partial charge on any atom is 0.133 e. The Morgan fingerprint density at radius 2 is 1.63 bits per heavy atom. The summed E-state index contributed by atoms with van der Waals surface area (Å²) in [5.41, 5.74) is 5.36. The number of rotatable bonds is 11. The third-order valence-corrected chi connectivity index (χ3v) is 9.10. The lowest BCUT2D eigenvalue weighted by molar-refractivity contribution is -0.121. The summed E-state index contributed by atoms with van der Waals surface area (Å²) in [7, 11) is 0. The van der Waals surface area contributed by atoms with E-state index in [1.807, 2.05) is 26.8 Å². The molecule has 0 unspecified atom stereocenters. The van der Waals surface area contributed by atoms with E-state index in [0.29, 0.717) is 24.8 Å². The molecule has 2 aromatic carbocycles. The average Bonchev–Trinajstić information content (AvgIpc) is 2.86. The number of hydrogen-bond donors (Lipinski definition) is 6. The normalized spacial score (nSPS) is 24.0. The third-order valence-electron chi connectivity index (χ3n) is 7.50. The van der Waals surface area contributed by atoms with Crippen LogP contribution in [0.3, 0.4) is 0 Å². The van der Waals surface area contributed by atoms with Crippen LogP contribution in [-0.2, 0) is 17.6 Å². The Bertz CT molecular complexity index is 1110. The van der Waals surface area contributed by atoms with Crippen molar-refractivity contribution in [3.05, 3.63) is 63.7 Å². The fourth-order valence-electron chi connectivity index (χ4n) is 5.02. The minimum atomic E-state index is -1.42. The molecule has 6 N–H and O–H groups in total. The summed E-state index contributed by atoms with van der Waals surface area (Å²) in [5, 5.41) is 59.4. The minimum Gasteiger partial charge on any atom is -0.508 e. The zero-order valence-electron chi connectivity index (χ0n) is 22.7. The molecule has 8 heteroatoms. The van der Waals surface area contributed by atoms with Gasteiger partial charge in [0.2, 0.25) is 0 Å². The predicted molar refractivity (Wildman–Crippen MR) is 149 cm³/mol. The molecule has 0 aromatic heterocycles. The van der Waals surface area contributed by atoms with Crippen LogP contribution < -0.4 is 0 Å². The van der Waals surface area contributed by atoms with Gasteiger partial charge in [-0.3, -0.25) is 4.79 Å². The SMILES string of the molecule is Cc1cc(CCCC(=O)CC(C)(C)CO)ccc1Cc1cc([C@@H]2S[C@H](CO)[C@@H](O)[C@H](O)[C@H]2O)c(O)cc1C. The molecule has 7 nitrogen and oxygen atoms in total. The van der Waals surface area contributed by atoms with Crippen molar-refractivity contribution in [2.45, 2.75) is 88.6 Å². The Kier molecular flexibility index (Phi) is 10.4. The molecule has 0 saturated carbocycles. The maximum absolute atomic E-state index is 12.2. The quantitative estimate of drug-likeness (QED) is 0.253. The Morgan fingerprint density at radius 1 is 0.947 bits per heavy atom. The highest BCUT2D eigenvalue weighted by Crippen LogP contribution is 2.46. The number of aryl methyl sites for hydroxylation is 3. The topological polar surface area (TPSA) is 138 Å². The van der Waals surface area contributed by atoms with Gasteiger partial charge in [-0.15, -0.1) is 11.8 Å².